The van der Waals surface area contributed by atoms with Crippen LogP contribution in [0.1, 0.15) is 124 Å². The van der Waals surface area contributed by atoms with Gasteiger partial charge in [-0.25, -0.2) is 8.37 Å². The maximum absolute atomic E-state index is 11.5. The minimum atomic E-state index is -4.12. The highest BCUT2D eigenvalue weighted by atomic mass is 32.3. The summed E-state index contributed by atoms with van der Waals surface area (Å²) in [6.07, 6.45) is 18.1. The van der Waals surface area contributed by atoms with Crippen LogP contribution < -0.4 is 6.15 Å². The predicted octanol–water partition coefficient (Wildman–Crippen LogP) is 6.42. The van der Waals surface area contributed by atoms with Gasteiger partial charge in [-0.05, 0) is 19.8 Å². The molecule has 0 radical (unpaired) electrons. The molecule has 0 amide bonds. The highest BCUT2D eigenvalue weighted by Gasteiger charge is 2.32. The summed E-state index contributed by atoms with van der Waals surface area (Å²) in [5, 5.41) is 10.3. The maximum atomic E-state index is 11.5. The molecule has 1 unspecified atom stereocenters. The summed E-state index contributed by atoms with van der Waals surface area (Å²) < 4.78 is 32.5. The van der Waals surface area contributed by atoms with Gasteiger partial charge >= 0.3 is 10.4 Å². The Morgan fingerprint density at radius 2 is 1.11 bits per heavy atom. The molecule has 0 saturated heterocycles. The van der Waals surface area contributed by atoms with Crippen LogP contribution in [0.4, 0.5) is 0 Å². The normalized spacial score (nSPS) is 13.9. The molecule has 0 rings (SSSR count). The van der Waals surface area contributed by atoms with Crippen LogP contribution in [0, 0.1) is 0 Å². The molecule has 0 aliphatic rings. The lowest BCUT2D eigenvalue weighted by Crippen LogP contribution is -2.34. The number of rotatable bonds is 20. The molecule has 0 heterocycles. The third-order valence-electron chi connectivity index (χ3n) is 4.99. The molecule has 0 saturated carbocycles. The molecule has 172 valence electrons. The van der Waals surface area contributed by atoms with Crippen LogP contribution in [0.5, 0.6) is 0 Å². The van der Waals surface area contributed by atoms with E-state index in [9.17, 15) is 13.5 Å². The quantitative estimate of drug-likeness (QED) is 0.172. The molecular formula is C21H47NO5S. The van der Waals surface area contributed by atoms with E-state index in [1.165, 1.54) is 70.6 Å². The number of aliphatic hydroxyl groups is 1. The van der Waals surface area contributed by atoms with Crippen LogP contribution >= 0.6 is 0 Å². The first kappa shape index (κ1) is 30.0. The van der Waals surface area contributed by atoms with E-state index < -0.39 is 16.2 Å². The van der Waals surface area contributed by atoms with Gasteiger partial charge in [-0.1, -0.05) is 97.3 Å². The van der Waals surface area contributed by atoms with Crippen LogP contribution in [0.2, 0.25) is 0 Å². The van der Waals surface area contributed by atoms with E-state index in [-0.39, 0.29) is 19.2 Å². The van der Waals surface area contributed by atoms with Crippen LogP contribution in [0.15, 0.2) is 0 Å². The van der Waals surface area contributed by atoms with Gasteiger partial charge in [-0.15, -0.1) is 0 Å². The predicted molar refractivity (Wildman–Crippen MR) is 117 cm³/mol. The van der Waals surface area contributed by atoms with Crippen LogP contribution in [-0.2, 0) is 18.8 Å². The minimum absolute atomic E-state index is 0. The van der Waals surface area contributed by atoms with Crippen molar-refractivity contribution in [3.05, 3.63) is 0 Å². The van der Waals surface area contributed by atoms with Crippen molar-refractivity contribution in [1.29, 1.82) is 0 Å². The van der Waals surface area contributed by atoms with Crippen LogP contribution in [-0.4, -0.2) is 25.9 Å². The van der Waals surface area contributed by atoms with Crippen molar-refractivity contribution in [2.24, 2.45) is 0 Å². The standard InChI is InChI=1S/C21H44O5S.H3N/c1-4-7-8-9-10-11-12-13-14-15-16-17-18-19-20-21(22,5-2)26-27(23,24)25-6-3;/h22H,4-20H2,1-3H3;1H3. The summed E-state index contributed by atoms with van der Waals surface area (Å²) in [5.74, 6) is -1.65. The highest BCUT2D eigenvalue weighted by Crippen LogP contribution is 2.24. The summed E-state index contributed by atoms with van der Waals surface area (Å²) >= 11 is 0. The van der Waals surface area contributed by atoms with Gasteiger partial charge in [0.2, 0.25) is 0 Å². The van der Waals surface area contributed by atoms with E-state index in [2.05, 4.69) is 11.1 Å². The van der Waals surface area contributed by atoms with Crippen molar-refractivity contribution in [2.75, 3.05) is 6.61 Å². The zero-order chi connectivity index (χ0) is 20.4. The molecule has 28 heavy (non-hydrogen) atoms. The molecule has 1 atom stereocenters. The lowest BCUT2D eigenvalue weighted by molar-refractivity contribution is -0.148. The molecule has 6 nitrogen and oxygen atoms in total. The first-order valence-corrected chi connectivity index (χ1v) is 12.5. The van der Waals surface area contributed by atoms with Crippen molar-refractivity contribution in [3.63, 3.8) is 0 Å². The molecule has 4 N–H and O–H groups in total. The zero-order valence-corrected chi connectivity index (χ0v) is 19.5. The van der Waals surface area contributed by atoms with E-state index in [0.29, 0.717) is 6.42 Å². The average Bonchev–Trinajstić information content (AvgIpc) is 2.61. The Hall–Kier alpha value is -0.210. The molecule has 0 spiro atoms. The third kappa shape index (κ3) is 17.9. The Balaban J connectivity index is 0. The monoisotopic (exact) mass is 425 g/mol. The highest BCUT2D eigenvalue weighted by molar-refractivity contribution is 7.81. The Morgan fingerprint density at radius 3 is 1.46 bits per heavy atom. The van der Waals surface area contributed by atoms with Crippen LogP contribution in [0.25, 0.3) is 0 Å². The fourth-order valence-electron chi connectivity index (χ4n) is 3.23. The van der Waals surface area contributed by atoms with Crippen molar-refractivity contribution >= 4 is 10.4 Å². The molecule has 0 fully saturated rings. The topological polar surface area (TPSA) is 108 Å². The maximum Gasteiger partial charge on any atom is 0.402 e. The second-order valence-corrected chi connectivity index (χ2v) is 8.76. The van der Waals surface area contributed by atoms with Crippen molar-refractivity contribution in [1.82, 2.24) is 6.15 Å². The van der Waals surface area contributed by atoms with E-state index in [4.69, 9.17) is 4.18 Å². The second kappa shape index (κ2) is 18.8. The van der Waals surface area contributed by atoms with E-state index in [0.717, 1.165) is 19.3 Å². The van der Waals surface area contributed by atoms with Crippen molar-refractivity contribution in [3.8, 4) is 0 Å². The van der Waals surface area contributed by atoms with Gasteiger partial charge in [0.1, 0.15) is 0 Å². The van der Waals surface area contributed by atoms with Crippen molar-refractivity contribution in [2.45, 2.75) is 129 Å². The molecule has 7 heteroatoms. The molecule has 0 bridgehead atoms. The van der Waals surface area contributed by atoms with Gasteiger partial charge in [0.05, 0.1) is 6.61 Å². The van der Waals surface area contributed by atoms with Gasteiger partial charge in [0.25, 0.3) is 0 Å². The Bertz CT molecular complexity index is 431. The largest absolute Gasteiger partial charge is 0.402 e. The van der Waals surface area contributed by atoms with Gasteiger partial charge in [-0.3, -0.25) is 0 Å². The lowest BCUT2D eigenvalue weighted by atomic mass is 10.0. The SMILES string of the molecule is CCCCCCCCCCCCCCCCC(O)(CC)OS(=O)(=O)OCC.N. The summed E-state index contributed by atoms with van der Waals surface area (Å²) in [6.45, 7) is 5.54. The molecule has 0 aromatic carbocycles. The first-order chi connectivity index (χ1) is 12.9. The van der Waals surface area contributed by atoms with E-state index >= 15 is 0 Å². The van der Waals surface area contributed by atoms with E-state index in [1.807, 2.05) is 0 Å². The van der Waals surface area contributed by atoms with Crippen molar-refractivity contribution < 1.29 is 21.9 Å². The molecular weight excluding hydrogens is 378 g/mol. The minimum Gasteiger partial charge on any atom is -0.364 e. The fourth-order valence-corrected chi connectivity index (χ4v) is 4.15. The molecule has 0 aliphatic heterocycles. The second-order valence-electron chi connectivity index (χ2n) is 7.54. The molecule has 0 aromatic heterocycles. The average molecular weight is 426 g/mol. The van der Waals surface area contributed by atoms with Gasteiger partial charge in [0, 0.05) is 6.42 Å². The summed E-state index contributed by atoms with van der Waals surface area (Å²) in [6, 6.07) is 0. The smallest absolute Gasteiger partial charge is 0.364 e. The Morgan fingerprint density at radius 1 is 0.714 bits per heavy atom. The zero-order valence-electron chi connectivity index (χ0n) is 18.7. The third-order valence-corrected chi connectivity index (χ3v) is 6.03. The lowest BCUT2D eigenvalue weighted by Gasteiger charge is -2.25. The Kier molecular flexibility index (Phi) is 20.1. The summed E-state index contributed by atoms with van der Waals surface area (Å²) in [5.41, 5.74) is 0. The molecule has 0 aliphatic carbocycles. The number of hydrogen-bond acceptors (Lipinski definition) is 6. The number of unbranched alkanes of at least 4 members (excludes halogenated alkanes) is 13. The van der Waals surface area contributed by atoms with Gasteiger partial charge < -0.3 is 11.3 Å². The van der Waals surface area contributed by atoms with E-state index in [1.54, 1.807) is 13.8 Å². The number of hydrogen-bond donors (Lipinski definition) is 2. The first-order valence-electron chi connectivity index (χ1n) is 11.2. The summed E-state index contributed by atoms with van der Waals surface area (Å²) in [4.78, 5) is 0. The van der Waals surface area contributed by atoms with Crippen LogP contribution in [0.3, 0.4) is 0 Å². The molecule has 0 aromatic rings. The summed E-state index contributed by atoms with van der Waals surface area (Å²) in [7, 11) is -4.12. The van der Waals surface area contributed by atoms with Gasteiger partial charge in [0.15, 0.2) is 5.79 Å². The fraction of sp³-hybridized carbons (Fsp3) is 1.00. The van der Waals surface area contributed by atoms with Gasteiger partial charge in [-0.2, -0.15) is 8.42 Å². The Labute approximate surface area is 174 Å².